The molecule has 0 unspecified atom stereocenters. The molecule has 1 amide bonds. The van der Waals surface area contributed by atoms with Crippen LogP contribution in [0.4, 0.5) is 5.13 Å². The fraction of sp³-hybridized carbons (Fsp3) is 0.158. The molecule has 0 atom stereocenters. The van der Waals surface area contributed by atoms with Crippen LogP contribution in [0.3, 0.4) is 0 Å². The number of hydrogen-bond acceptors (Lipinski definition) is 5. The molecule has 128 valence electrons. The highest BCUT2D eigenvalue weighted by molar-refractivity contribution is 7.22. The van der Waals surface area contributed by atoms with E-state index < -0.39 is 0 Å². The highest BCUT2D eigenvalue weighted by Crippen LogP contribution is 2.26. The van der Waals surface area contributed by atoms with Crippen LogP contribution in [0.25, 0.3) is 21.1 Å². The minimum atomic E-state index is -0.256. The molecule has 0 bridgehead atoms. The second kappa shape index (κ2) is 5.74. The number of hydrogen-bond donors (Lipinski definition) is 1. The van der Waals surface area contributed by atoms with Crippen molar-refractivity contribution in [2.24, 2.45) is 0 Å². The average molecular weight is 362 g/mol. The Labute approximate surface area is 152 Å². The van der Waals surface area contributed by atoms with Gasteiger partial charge in [0.1, 0.15) is 5.82 Å². The van der Waals surface area contributed by atoms with Crippen molar-refractivity contribution in [2.45, 2.75) is 19.4 Å². The van der Waals surface area contributed by atoms with Gasteiger partial charge in [0, 0.05) is 18.5 Å². The molecule has 7 heteroatoms. The van der Waals surface area contributed by atoms with Crippen molar-refractivity contribution in [2.75, 3.05) is 5.32 Å². The van der Waals surface area contributed by atoms with E-state index in [2.05, 4.69) is 15.3 Å². The van der Waals surface area contributed by atoms with Crippen LogP contribution in [0, 0.1) is 0 Å². The molecule has 1 N–H and O–H groups in total. The maximum Gasteiger partial charge on any atom is 0.261 e. The summed E-state index contributed by atoms with van der Waals surface area (Å²) >= 11 is 1.43. The second-order valence-corrected chi connectivity index (χ2v) is 7.29. The van der Waals surface area contributed by atoms with Gasteiger partial charge < -0.3 is 0 Å². The molecule has 0 radical (unpaired) electrons. The maximum absolute atomic E-state index is 12.6. The van der Waals surface area contributed by atoms with Crippen LogP contribution < -0.4 is 10.9 Å². The van der Waals surface area contributed by atoms with Gasteiger partial charge in [-0.05, 0) is 36.8 Å². The Morgan fingerprint density at radius 1 is 1.12 bits per heavy atom. The van der Waals surface area contributed by atoms with E-state index in [0.29, 0.717) is 21.6 Å². The van der Waals surface area contributed by atoms with E-state index in [1.807, 2.05) is 24.3 Å². The molecule has 0 spiro atoms. The maximum atomic E-state index is 12.6. The number of anilines is 1. The molecular formula is C19H14N4O2S. The number of carbonyl (C=O) groups is 1. The Morgan fingerprint density at radius 2 is 2.00 bits per heavy atom. The fourth-order valence-corrected chi connectivity index (χ4v) is 4.18. The van der Waals surface area contributed by atoms with Gasteiger partial charge in [0.05, 0.1) is 21.1 Å². The summed E-state index contributed by atoms with van der Waals surface area (Å²) in [7, 11) is 0. The summed E-state index contributed by atoms with van der Waals surface area (Å²) in [5.74, 6) is 0.541. The summed E-state index contributed by atoms with van der Waals surface area (Å²) in [6.45, 7) is 0.719. The van der Waals surface area contributed by atoms with E-state index >= 15 is 0 Å². The van der Waals surface area contributed by atoms with Crippen LogP contribution in [0.1, 0.15) is 22.6 Å². The van der Waals surface area contributed by atoms with Crippen LogP contribution >= 0.6 is 11.3 Å². The molecule has 1 aliphatic rings. The Morgan fingerprint density at radius 3 is 2.88 bits per heavy atom. The lowest BCUT2D eigenvalue weighted by Gasteiger charge is -2.06. The number of amides is 1. The zero-order valence-electron chi connectivity index (χ0n) is 13.7. The number of para-hydroxylation sites is 1. The van der Waals surface area contributed by atoms with Gasteiger partial charge in [-0.15, -0.1) is 0 Å². The van der Waals surface area contributed by atoms with E-state index in [4.69, 9.17) is 0 Å². The fourth-order valence-electron chi connectivity index (χ4n) is 3.32. The summed E-state index contributed by atoms with van der Waals surface area (Å²) < 4.78 is 2.75. The van der Waals surface area contributed by atoms with Crippen molar-refractivity contribution in [1.82, 2.24) is 14.5 Å². The van der Waals surface area contributed by atoms with Crippen molar-refractivity contribution in [3.05, 3.63) is 64.2 Å². The Balaban J connectivity index is 1.51. The first-order valence-corrected chi connectivity index (χ1v) is 9.21. The third-order valence-corrected chi connectivity index (χ3v) is 5.54. The highest BCUT2D eigenvalue weighted by Gasteiger charge is 2.17. The van der Waals surface area contributed by atoms with Gasteiger partial charge in [-0.3, -0.25) is 19.5 Å². The normalized spacial score (nSPS) is 13.2. The first-order chi connectivity index (χ1) is 12.7. The summed E-state index contributed by atoms with van der Waals surface area (Å²) in [6, 6.07) is 12.8. The van der Waals surface area contributed by atoms with E-state index in [9.17, 15) is 9.59 Å². The number of thiazole rings is 1. The summed E-state index contributed by atoms with van der Waals surface area (Å²) in [5, 5.41) is 3.94. The molecule has 0 fully saturated rings. The number of nitrogens with zero attached hydrogens (tertiary/aromatic N) is 3. The van der Waals surface area contributed by atoms with Gasteiger partial charge in [0.15, 0.2) is 5.13 Å². The Hall–Kier alpha value is -3.06. The number of carbonyl (C=O) groups excluding carboxylic acids is 1. The molecule has 1 aliphatic heterocycles. The van der Waals surface area contributed by atoms with Crippen molar-refractivity contribution in [1.29, 1.82) is 0 Å². The lowest BCUT2D eigenvalue weighted by molar-refractivity contribution is 0.102. The third-order valence-electron chi connectivity index (χ3n) is 4.59. The minimum absolute atomic E-state index is 0.0272. The average Bonchev–Trinajstić information content (AvgIpc) is 3.27. The SMILES string of the molecule is O=C(Nc1nc2ccccc2s1)c1ccc2c(=O)n3c(nc2c1)CCC3. The summed E-state index contributed by atoms with van der Waals surface area (Å²) in [4.78, 5) is 34.1. The van der Waals surface area contributed by atoms with E-state index in [0.717, 1.165) is 35.4 Å². The second-order valence-electron chi connectivity index (χ2n) is 6.26. The van der Waals surface area contributed by atoms with Crippen molar-refractivity contribution in [3.8, 4) is 0 Å². The molecule has 3 heterocycles. The number of nitrogens with one attached hydrogen (secondary N) is 1. The van der Waals surface area contributed by atoms with Crippen LogP contribution in [0.2, 0.25) is 0 Å². The van der Waals surface area contributed by atoms with E-state index in [-0.39, 0.29) is 11.5 Å². The molecule has 0 aliphatic carbocycles. The lowest BCUT2D eigenvalue weighted by Crippen LogP contribution is -2.21. The van der Waals surface area contributed by atoms with Crippen molar-refractivity contribution >= 4 is 43.5 Å². The van der Waals surface area contributed by atoms with Crippen molar-refractivity contribution < 1.29 is 4.79 Å². The van der Waals surface area contributed by atoms with Crippen LogP contribution in [-0.4, -0.2) is 20.4 Å². The molecule has 5 rings (SSSR count). The summed E-state index contributed by atoms with van der Waals surface area (Å²) in [5.41, 5.74) is 1.86. The van der Waals surface area contributed by atoms with Gasteiger partial charge in [-0.1, -0.05) is 23.5 Å². The first kappa shape index (κ1) is 15.2. The first-order valence-electron chi connectivity index (χ1n) is 8.39. The van der Waals surface area contributed by atoms with Crippen LogP contribution in [0.15, 0.2) is 47.3 Å². The molecule has 2 aromatic carbocycles. The molecule has 0 saturated heterocycles. The van der Waals surface area contributed by atoms with Crippen molar-refractivity contribution in [3.63, 3.8) is 0 Å². The Kier molecular flexibility index (Phi) is 3.36. The number of fused-ring (bicyclic) bond motifs is 3. The van der Waals surface area contributed by atoms with E-state index in [1.54, 1.807) is 22.8 Å². The quantitative estimate of drug-likeness (QED) is 0.594. The van der Waals surface area contributed by atoms with Crippen LogP contribution in [0.5, 0.6) is 0 Å². The predicted octanol–water partition coefficient (Wildman–Crippen LogP) is 3.20. The molecule has 4 aromatic rings. The summed E-state index contributed by atoms with van der Waals surface area (Å²) in [6.07, 6.45) is 1.73. The van der Waals surface area contributed by atoms with E-state index in [1.165, 1.54) is 11.3 Å². The van der Waals surface area contributed by atoms with Gasteiger partial charge in [0.25, 0.3) is 11.5 Å². The van der Waals surface area contributed by atoms with Gasteiger partial charge >= 0.3 is 0 Å². The lowest BCUT2D eigenvalue weighted by atomic mass is 10.1. The topological polar surface area (TPSA) is 76.9 Å². The zero-order valence-corrected chi connectivity index (χ0v) is 14.5. The number of benzene rings is 2. The number of aromatic nitrogens is 3. The molecule has 26 heavy (non-hydrogen) atoms. The molecule has 2 aromatic heterocycles. The van der Waals surface area contributed by atoms with Gasteiger partial charge in [-0.2, -0.15) is 0 Å². The predicted molar refractivity (Wildman–Crippen MR) is 102 cm³/mol. The monoisotopic (exact) mass is 362 g/mol. The largest absolute Gasteiger partial charge is 0.298 e. The van der Waals surface area contributed by atoms with Gasteiger partial charge in [0.2, 0.25) is 0 Å². The van der Waals surface area contributed by atoms with Crippen LogP contribution in [-0.2, 0) is 13.0 Å². The van der Waals surface area contributed by atoms with Gasteiger partial charge in [-0.25, -0.2) is 9.97 Å². The third kappa shape index (κ3) is 2.40. The molecular weight excluding hydrogens is 348 g/mol. The Bertz CT molecular complexity index is 1210. The molecule has 0 saturated carbocycles. The highest BCUT2D eigenvalue weighted by atomic mass is 32.1. The number of rotatable bonds is 2. The number of aryl methyl sites for hydroxylation is 1. The smallest absolute Gasteiger partial charge is 0.261 e. The standard InChI is InChI=1S/C19H14N4O2S/c24-17(22-19-21-13-4-1-2-5-15(13)26-19)11-7-8-12-14(10-11)20-16-6-3-9-23(16)18(12)25/h1-2,4-5,7-8,10H,3,6,9H2,(H,21,22,24). The zero-order chi connectivity index (χ0) is 17.7. The molecule has 6 nitrogen and oxygen atoms in total. The minimum Gasteiger partial charge on any atom is -0.298 e.